The van der Waals surface area contributed by atoms with Gasteiger partial charge in [0.2, 0.25) is 0 Å². The fourth-order valence-corrected chi connectivity index (χ4v) is 7.59. The van der Waals surface area contributed by atoms with E-state index in [1.54, 1.807) is 12.1 Å². The molecule has 3 rings (SSSR count). The van der Waals surface area contributed by atoms with Gasteiger partial charge in [-0.05, 0) is 61.1 Å². The maximum absolute atomic E-state index is 13.0. The molecule has 0 unspecified atom stereocenters. The van der Waals surface area contributed by atoms with Gasteiger partial charge < -0.3 is 0 Å². The molecule has 0 N–H and O–H groups in total. The summed E-state index contributed by atoms with van der Waals surface area (Å²) in [6, 6.07) is 6.99. The molecule has 0 atom stereocenters. The third kappa shape index (κ3) is 8.29. The van der Waals surface area contributed by atoms with Crippen molar-refractivity contribution < 1.29 is 20.3 Å². The van der Waals surface area contributed by atoms with E-state index in [1.807, 2.05) is 12.1 Å². The summed E-state index contributed by atoms with van der Waals surface area (Å²) in [6.07, 6.45) is 17.9. The van der Waals surface area contributed by atoms with Crippen molar-refractivity contribution in [2.24, 2.45) is 0 Å². The van der Waals surface area contributed by atoms with Gasteiger partial charge in [-0.15, -0.1) is 0 Å². The minimum atomic E-state index is -0.135. The molecule has 0 amide bonds. The summed E-state index contributed by atoms with van der Waals surface area (Å²) in [5, 5.41) is 0. The first-order valence-electron chi connectivity index (χ1n) is 9.75. The number of hydrogen-bond acceptors (Lipinski definition) is 0. The average molecular weight is 510 g/mol. The molecule has 2 aliphatic rings. The molecular formula is C21H30Cl2FPPd. The van der Waals surface area contributed by atoms with Gasteiger partial charge in [0, 0.05) is 0 Å². The fourth-order valence-electron chi connectivity index (χ4n) is 4.23. The van der Waals surface area contributed by atoms with Crippen LogP contribution in [-0.4, -0.2) is 11.3 Å². The van der Waals surface area contributed by atoms with Crippen molar-refractivity contribution in [2.45, 2.75) is 81.9 Å². The molecule has 0 bridgehead atoms. The summed E-state index contributed by atoms with van der Waals surface area (Å²) >= 11 is -0.106. The molecule has 0 spiro atoms. The Bertz CT molecular complexity index is 493. The Hall–Kier alpha value is 0.562. The van der Waals surface area contributed by atoms with E-state index in [4.69, 9.17) is 19.1 Å². The molecule has 0 aromatic heterocycles. The number of halogens is 3. The van der Waals surface area contributed by atoms with Crippen molar-refractivity contribution in [1.82, 2.24) is 0 Å². The summed E-state index contributed by atoms with van der Waals surface area (Å²) in [5.74, 6) is 2.47. The molecule has 150 valence electrons. The molecule has 0 aliphatic heterocycles. The van der Waals surface area contributed by atoms with Gasteiger partial charge in [-0.1, -0.05) is 70.5 Å². The zero-order chi connectivity index (χ0) is 18.6. The normalized spacial score (nSPS) is 19.7. The quantitative estimate of drug-likeness (QED) is 0.276. The van der Waals surface area contributed by atoms with Gasteiger partial charge in [-0.3, -0.25) is 0 Å². The maximum atomic E-state index is 13.0. The van der Waals surface area contributed by atoms with Crippen molar-refractivity contribution in [3.8, 4) is 0 Å². The van der Waals surface area contributed by atoms with Crippen LogP contribution in [0.1, 0.15) is 69.8 Å². The second-order valence-corrected chi connectivity index (χ2v) is 12.3. The van der Waals surface area contributed by atoms with Gasteiger partial charge >= 0.3 is 35.0 Å². The number of allylic oxidation sites excluding steroid dienone is 1. The first kappa shape index (κ1) is 22.8. The second kappa shape index (κ2) is 13.7. The number of hydrogen-bond donors (Lipinski definition) is 0. The molecule has 2 aliphatic carbocycles. The third-order valence-corrected chi connectivity index (χ3v) is 8.81. The first-order chi connectivity index (χ1) is 12.7. The average Bonchev–Trinajstić information content (AvgIpc) is 2.69. The summed E-state index contributed by atoms with van der Waals surface area (Å²) in [5.41, 5.74) is 3.18. The predicted molar refractivity (Wildman–Crippen MR) is 112 cm³/mol. The van der Waals surface area contributed by atoms with Crippen molar-refractivity contribution in [1.29, 1.82) is 0 Å². The summed E-state index contributed by atoms with van der Waals surface area (Å²) in [4.78, 5) is 0. The van der Waals surface area contributed by atoms with Crippen molar-refractivity contribution in [3.05, 3.63) is 47.5 Å². The SMILES string of the molecule is Fc1ccc(CC=CP(C2CCCCC2)C2CCCCC2)cc1.[Cl][Pd][Cl]. The molecule has 0 nitrogen and oxygen atoms in total. The molecule has 0 radical (unpaired) electrons. The van der Waals surface area contributed by atoms with Crippen LogP contribution < -0.4 is 0 Å². The van der Waals surface area contributed by atoms with Crippen LogP contribution in [0, 0.1) is 5.82 Å². The first-order valence-corrected chi connectivity index (χ1v) is 15.3. The molecule has 2 saturated carbocycles. The van der Waals surface area contributed by atoms with Crippen LogP contribution in [0.5, 0.6) is 0 Å². The zero-order valence-corrected chi connectivity index (χ0v) is 19.3. The molecule has 26 heavy (non-hydrogen) atoms. The third-order valence-electron chi connectivity index (χ3n) is 5.54. The van der Waals surface area contributed by atoms with Gasteiger partial charge in [0.25, 0.3) is 0 Å². The van der Waals surface area contributed by atoms with Crippen LogP contribution >= 0.6 is 27.0 Å². The zero-order valence-electron chi connectivity index (χ0n) is 15.3. The van der Waals surface area contributed by atoms with E-state index in [1.165, 1.54) is 69.8 Å². The Morgan fingerprint density at radius 2 is 1.35 bits per heavy atom. The molecular weight excluding hydrogens is 480 g/mol. The fraction of sp³-hybridized carbons (Fsp3) is 0.619. The molecule has 0 heterocycles. The Balaban J connectivity index is 0.000000758. The summed E-state index contributed by atoms with van der Waals surface area (Å²) in [7, 11) is 9.67. The monoisotopic (exact) mass is 508 g/mol. The van der Waals surface area contributed by atoms with E-state index >= 15 is 0 Å². The number of rotatable bonds is 5. The van der Waals surface area contributed by atoms with E-state index < -0.39 is 0 Å². The molecule has 5 heteroatoms. The van der Waals surface area contributed by atoms with Crippen LogP contribution in [0.2, 0.25) is 0 Å². The minimum absolute atomic E-state index is 0.0459. The molecule has 1 aromatic carbocycles. The van der Waals surface area contributed by atoms with Gasteiger partial charge in [-0.2, -0.15) is 0 Å². The second-order valence-electron chi connectivity index (χ2n) is 7.29. The van der Waals surface area contributed by atoms with Crippen LogP contribution in [0.15, 0.2) is 36.2 Å². The Morgan fingerprint density at radius 3 is 1.81 bits per heavy atom. The Kier molecular flexibility index (Phi) is 12.0. The topological polar surface area (TPSA) is 0 Å². The van der Waals surface area contributed by atoms with Gasteiger partial charge in [0.05, 0.1) is 0 Å². The molecule has 2 fully saturated rings. The molecule has 0 saturated heterocycles. The van der Waals surface area contributed by atoms with Crippen LogP contribution in [0.4, 0.5) is 4.39 Å². The van der Waals surface area contributed by atoms with Gasteiger partial charge in [0.1, 0.15) is 5.82 Å². The van der Waals surface area contributed by atoms with Crippen LogP contribution in [0.25, 0.3) is 0 Å². The van der Waals surface area contributed by atoms with E-state index in [0.29, 0.717) is 0 Å². The van der Waals surface area contributed by atoms with Gasteiger partial charge in [-0.25, -0.2) is 4.39 Å². The summed E-state index contributed by atoms with van der Waals surface area (Å²) < 4.78 is 13.0. The standard InChI is InChI=1S/C21H30FP.2ClH.Pd/c22-19-15-13-18(14-16-19)8-7-17-23(20-9-3-1-4-10-20)21-11-5-2-6-12-21;;;/h7,13-17,20-21H,1-6,8-12H2;2*1H;/q;;;+2/p-2. The Morgan fingerprint density at radius 1 is 0.885 bits per heavy atom. The van der Waals surface area contributed by atoms with Crippen LogP contribution in [-0.2, 0) is 22.4 Å². The van der Waals surface area contributed by atoms with E-state index in [2.05, 4.69) is 11.9 Å². The van der Waals surface area contributed by atoms with E-state index in [-0.39, 0.29) is 29.7 Å². The predicted octanol–water partition coefficient (Wildman–Crippen LogP) is 8.41. The van der Waals surface area contributed by atoms with Crippen molar-refractivity contribution >= 4 is 27.0 Å². The van der Waals surface area contributed by atoms with Crippen molar-refractivity contribution in [2.75, 3.05) is 0 Å². The van der Waals surface area contributed by atoms with Crippen LogP contribution in [0.3, 0.4) is 0 Å². The van der Waals surface area contributed by atoms with Gasteiger partial charge in [0.15, 0.2) is 0 Å². The number of benzene rings is 1. The van der Waals surface area contributed by atoms with E-state index in [0.717, 1.165) is 17.7 Å². The van der Waals surface area contributed by atoms with E-state index in [9.17, 15) is 4.39 Å². The molecule has 1 aromatic rings. The van der Waals surface area contributed by atoms with Crippen molar-refractivity contribution in [3.63, 3.8) is 0 Å². The summed E-state index contributed by atoms with van der Waals surface area (Å²) in [6.45, 7) is 0. The Labute approximate surface area is 176 Å².